The minimum absolute atomic E-state index is 0.281. The second-order valence-corrected chi connectivity index (χ2v) is 3.74. The van der Waals surface area contributed by atoms with Crippen LogP contribution in [0.1, 0.15) is 30.1 Å². The normalized spacial score (nSPS) is 20.5. The van der Waals surface area contributed by atoms with Crippen molar-refractivity contribution in [2.45, 2.75) is 25.4 Å². The summed E-state index contributed by atoms with van der Waals surface area (Å²) in [4.78, 5) is 0. The van der Waals surface area contributed by atoms with Crippen molar-refractivity contribution >= 4 is 0 Å². The van der Waals surface area contributed by atoms with Crippen molar-refractivity contribution in [1.82, 2.24) is 0 Å². The monoisotopic (exact) mass is 191 g/mol. The second-order valence-electron chi connectivity index (χ2n) is 3.74. The van der Waals surface area contributed by atoms with Gasteiger partial charge in [0.25, 0.3) is 0 Å². The summed E-state index contributed by atoms with van der Waals surface area (Å²) < 4.78 is 5.73. The summed E-state index contributed by atoms with van der Waals surface area (Å²) >= 11 is 0. The standard InChI is InChI=1S/C12H17NO/c13-8-9-14-12-7-3-5-10-4-1-2-6-11(10)12/h1-2,4,6,12H,3,5,7-9,13H2. The van der Waals surface area contributed by atoms with E-state index in [1.807, 2.05) is 0 Å². The molecule has 2 N–H and O–H groups in total. The fourth-order valence-electron chi connectivity index (χ4n) is 2.09. The van der Waals surface area contributed by atoms with Crippen LogP contribution in [0.5, 0.6) is 0 Å². The van der Waals surface area contributed by atoms with E-state index in [9.17, 15) is 0 Å². The smallest absolute Gasteiger partial charge is 0.0828 e. The maximum atomic E-state index is 5.73. The molecule has 2 rings (SSSR count). The maximum Gasteiger partial charge on any atom is 0.0828 e. The largest absolute Gasteiger partial charge is 0.372 e. The lowest BCUT2D eigenvalue weighted by molar-refractivity contribution is 0.0461. The van der Waals surface area contributed by atoms with E-state index < -0.39 is 0 Å². The molecule has 0 spiro atoms. The Morgan fingerprint density at radius 2 is 2.21 bits per heavy atom. The van der Waals surface area contributed by atoms with Crippen LogP contribution >= 0.6 is 0 Å². The Labute approximate surface area is 85.1 Å². The van der Waals surface area contributed by atoms with E-state index in [4.69, 9.17) is 10.5 Å². The Bertz CT molecular complexity index is 298. The summed E-state index contributed by atoms with van der Waals surface area (Å²) in [7, 11) is 0. The van der Waals surface area contributed by atoms with Crippen molar-refractivity contribution < 1.29 is 4.74 Å². The molecule has 1 aliphatic rings. The van der Waals surface area contributed by atoms with E-state index in [1.165, 1.54) is 24.0 Å². The highest BCUT2D eigenvalue weighted by Crippen LogP contribution is 2.31. The van der Waals surface area contributed by atoms with Gasteiger partial charge in [0.05, 0.1) is 12.7 Å². The molecule has 1 unspecified atom stereocenters. The number of fused-ring (bicyclic) bond motifs is 1. The van der Waals surface area contributed by atoms with E-state index in [-0.39, 0.29) is 6.10 Å². The summed E-state index contributed by atoms with van der Waals surface area (Å²) in [5.41, 5.74) is 8.25. The summed E-state index contributed by atoms with van der Waals surface area (Å²) in [6, 6.07) is 8.57. The third-order valence-corrected chi connectivity index (χ3v) is 2.75. The van der Waals surface area contributed by atoms with Gasteiger partial charge in [0.2, 0.25) is 0 Å². The van der Waals surface area contributed by atoms with Gasteiger partial charge in [-0.2, -0.15) is 0 Å². The summed E-state index contributed by atoms with van der Waals surface area (Å²) in [5.74, 6) is 0. The van der Waals surface area contributed by atoms with Crippen LogP contribution in [0.15, 0.2) is 24.3 Å². The van der Waals surface area contributed by atoms with Crippen LogP contribution in [0.2, 0.25) is 0 Å². The van der Waals surface area contributed by atoms with Crippen LogP contribution in [-0.2, 0) is 11.2 Å². The molecule has 2 nitrogen and oxygen atoms in total. The van der Waals surface area contributed by atoms with E-state index >= 15 is 0 Å². The molecule has 2 heteroatoms. The molecule has 0 heterocycles. The summed E-state index contributed by atoms with van der Waals surface area (Å²) in [6.45, 7) is 1.28. The van der Waals surface area contributed by atoms with Crippen LogP contribution < -0.4 is 5.73 Å². The first kappa shape index (κ1) is 9.69. The van der Waals surface area contributed by atoms with Crippen molar-refractivity contribution in [1.29, 1.82) is 0 Å². The fourth-order valence-corrected chi connectivity index (χ4v) is 2.09. The fraction of sp³-hybridized carbons (Fsp3) is 0.500. The number of hydrogen-bond donors (Lipinski definition) is 1. The van der Waals surface area contributed by atoms with Crippen molar-refractivity contribution in [2.75, 3.05) is 13.2 Å². The van der Waals surface area contributed by atoms with Crippen molar-refractivity contribution in [3.8, 4) is 0 Å². The molecule has 0 radical (unpaired) electrons. The van der Waals surface area contributed by atoms with Crippen molar-refractivity contribution in [2.24, 2.45) is 5.73 Å². The van der Waals surface area contributed by atoms with Crippen LogP contribution in [0.3, 0.4) is 0 Å². The third-order valence-electron chi connectivity index (χ3n) is 2.75. The zero-order chi connectivity index (χ0) is 9.80. The highest BCUT2D eigenvalue weighted by atomic mass is 16.5. The Hall–Kier alpha value is -0.860. The molecule has 1 aromatic carbocycles. The van der Waals surface area contributed by atoms with Gasteiger partial charge in [0.1, 0.15) is 0 Å². The number of rotatable bonds is 3. The number of nitrogens with two attached hydrogens (primary N) is 1. The molecular formula is C12H17NO. The third kappa shape index (κ3) is 1.97. The molecule has 0 fully saturated rings. The van der Waals surface area contributed by atoms with Crippen LogP contribution in [0.4, 0.5) is 0 Å². The Kier molecular flexibility index (Phi) is 3.17. The van der Waals surface area contributed by atoms with Gasteiger partial charge in [-0.3, -0.25) is 0 Å². The topological polar surface area (TPSA) is 35.2 Å². The van der Waals surface area contributed by atoms with Crippen LogP contribution in [0.25, 0.3) is 0 Å². The molecule has 0 saturated heterocycles. The lowest BCUT2D eigenvalue weighted by Gasteiger charge is -2.25. The predicted octanol–water partition coefficient (Wildman–Crippen LogP) is 2.04. The van der Waals surface area contributed by atoms with E-state index in [0.717, 1.165) is 6.42 Å². The number of aryl methyl sites for hydroxylation is 1. The van der Waals surface area contributed by atoms with Gasteiger partial charge in [0.15, 0.2) is 0 Å². The highest BCUT2D eigenvalue weighted by molar-refractivity contribution is 5.31. The Morgan fingerprint density at radius 3 is 3.07 bits per heavy atom. The van der Waals surface area contributed by atoms with Gasteiger partial charge < -0.3 is 10.5 Å². The zero-order valence-electron chi connectivity index (χ0n) is 8.41. The number of benzene rings is 1. The Balaban J connectivity index is 2.14. The molecule has 1 aromatic rings. The van der Waals surface area contributed by atoms with Crippen LogP contribution in [0, 0.1) is 0 Å². The lowest BCUT2D eigenvalue weighted by Crippen LogP contribution is -2.16. The van der Waals surface area contributed by atoms with Gasteiger partial charge in [-0.05, 0) is 30.4 Å². The highest BCUT2D eigenvalue weighted by Gasteiger charge is 2.19. The lowest BCUT2D eigenvalue weighted by atomic mass is 9.89. The van der Waals surface area contributed by atoms with Gasteiger partial charge in [-0.25, -0.2) is 0 Å². The molecule has 0 aromatic heterocycles. The molecule has 0 amide bonds. The minimum atomic E-state index is 0.281. The molecule has 76 valence electrons. The number of hydrogen-bond acceptors (Lipinski definition) is 2. The maximum absolute atomic E-state index is 5.73. The average Bonchev–Trinajstić information content (AvgIpc) is 2.26. The van der Waals surface area contributed by atoms with Gasteiger partial charge in [0, 0.05) is 6.54 Å². The quantitative estimate of drug-likeness (QED) is 0.793. The first-order chi connectivity index (χ1) is 6.92. The van der Waals surface area contributed by atoms with Gasteiger partial charge >= 0.3 is 0 Å². The molecule has 0 bridgehead atoms. The van der Waals surface area contributed by atoms with E-state index in [1.54, 1.807) is 0 Å². The summed E-state index contributed by atoms with van der Waals surface area (Å²) in [6.07, 6.45) is 3.84. The predicted molar refractivity (Wildman–Crippen MR) is 57.1 cm³/mol. The molecule has 14 heavy (non-hydrogen) atoms. The van der Waals surface area contributed by atoms with Crippen molar-refractivity contribution in [3.05, 3.63) is 35.4 Å². The number of ether oxygens (including phenoxy) is 1. The zero-order valence-corrected chi connectivity index (χ0v) is 8.41. The second kappa shape index (κ2) is 4.58. The SMILES string of the molecule is NCCOC1CCCc2ccccc21. The minimum Gasteiger partial charge on any atom is -0.372 e. The first-order valence-electron chi connectivity index (χ1n) is 5.31. The molecule has 1 aliphatic carbocycles. The van der Waals surface area contributed by atoms with Crippen molar-refractivity contribution in [3.63, 3.8) is 0 Å². The first-order valence-corrected chi connectivity index (χ1v) is 5.31. The summed E-state index contributed by atoms with van der Waals surface area (Å²) in [5, 5.41) is 0. The molecular weight excluding hydrogens is 174 g/mol. The van der Waals surface area contributed by atoms with Gasteiger partial charge in [-0.15, -0.1) is 0 Å². The van der Waals surface area contributed by atoms with Crippen LogP contribution in [-0.4, -0.2) is 13.2 Å². The molecule has 0 saturated carbocycles. The Morgan fingerprint density at radius 1 is 1.36 bits per heavy atom. The van der Waals surface area contributed by atoms with E-state index in [0.29, 0.717) is 13.2 Å². The van der Waals surface area contributed by atoms with E-state index in [2.05, 4.69) is 24.3 Å². The molecule has 1 atom stereocenters. The van der Waals surface area contributed by atoms with Gasteiger partial charge in [-0.1, -0.05) is 24.3 Å². The molecule has 0 aliphatic heterocycles. The average molecular weight is 191 g/mol.